The second kappa shape index (κ2) is 5.64. The minimum atomic E-state index is 0.358. The average Bonchev–Trinajstić information content (AvgIpc) is 2.41. The van der Waals surface area contributed by atoms with Crippen molar-refractivity contribution in [1.29, 1.82) is 5.26 Å². The molecule has 0 spiro atoms. The molecule has 0 bridgehead atoms. The maximum atomic E-state index is 8.78. The molecule has 2 aromatic rings. The van der Waals surface area contributed by atoms with Gasteiger partial charge in [-0.15, -0.1) is 0 Å². The highest BCUT2D eigenvalue weighted by Crippen LogP contribution is 2.28. The van der Waals surface area contributed by atoms with Crippen molar-refractivity contribution in [2.45, 2.75) is 6.92 Å². The maximum absolute atomic E-state index is 8.78. The molecule has 0 fully saturated rings. The Morgan fingerprint density at radius 3 is 3.06 bits per heavy atom. The molecule has 18 heavy (non-hydrogen) atoms. The van der Waals surface area contributed by atoms with Gasteiger partial charge in [0.25, 0.3) is 5.88 Å². The molecule has 0 radical (unpaired) electrons. The summed E-state index contributed by atoms with van der Waals surface area (Å²) in [5.74, 6) is 1.37. The molecule has 0 atom stereocenters. The second-order valence-corrected chi connectivity index (χ2v) is 3.36. The lowest BCUT2D eigenvalue weighted by atomic mass is 10.3. The fraction of sp³-hybridized carbons (Fsp3) is 0.154. The van der Waals surface area contributed by atoms with Gasteiger partial charge in [0.2, 0.25) is 0 Å². The monoisotopic (exact) mass is 241 g/mol. The number of nitrogens with zero attached hydrogens (tertiary/aromatic N) is 3. The molecule has 0 aromatic carbocycles. The normalized spacial score (nSPS) is 9.56. The number of hydrogen-bond acceptors (Lipinski definition) is 5. The van der Waals surface area contributed by atoms with Crippen molar-refractivity contribution < 1.29 is 9.47 Å². The van der Waals surface area contributed by atoms with Gasteiger partial charge in [0, 0.05) is 18.5 Å². The summed E-state index contributed by atoms with van der Waals surface area (Å²) in [4.78, 5) is 8.00. The van der Waals surface area contributed by atoms with Crippen molar-refractivity contribution in [3.63, 3.8) is 0 Å². The molecule has 5 nitrogen and oxygen atoms in total. The highest BCUT2D eigenvalue weighted by atomic mass is 16.5. The van der Waals surface area contributed by atoms with Gasteiger partial charge < -0.3 is 9.47 Å². The molecule has 2 aromatic heterocycles. The number of hydrogen-bond donors (Lipinski definition) is 0. The van der Waals surface area contributed by atoms with Gasteiger partial charge in [0.15, 0.2) is 5.75 Å². The van der Waals surface area contributed by atoms with E-state index in [1.165, 1.54) is 12.4 Å². The van der Waals surface area contributed by atoms with Crippen LogP contribution in [0, 0.1) is 11.3 Å². The summed E-state index contributed by atoms with van der Waals surface area (Å²) in [6, 6.07) is 7.13. The number of ether oxygens (including phenoxy) is 2. The third-order valence-corrected chi connectivity index (χ3v) is 2.09. The van der Waals surface area contributed by atoms with Crippen LogP contribution in [0.1, 0.15) is 12.5 Å². The predicted octanol–water partition coefficient (Wildman–Crippen LogP) is 2.54. The van der Waals surface area contributed by atoms with Gasteiger partial charge in [-0.3, -0.25) is 4.98 Å². The van der Waals surface area contributed by atoms with Gasteiger partial charge in [-0.05, 0) is 19.1 Å². The summed E-state index contributed by atoms with van der Waals surface area (Å²) in [5, 5.41) is 8.78. The maximum Gasteiger partial charge on any atom is 0.262 e. The predicted molar refractivity (Wildman–Crippen MR) is 64.4 cm³/mol. The Labute approximate surface area is 105 Å². The fourth-order valence-electron chi connectivity index (χ4n) is 1.37. The summed E-state index contributed by atoms with van der Waals surface area (Å²) >= 11 is 0. The van der Waals surface area contributed by atoms with Crippen LogP contribution in [0.15, 0.2) is 36.8 Å². The summed E-state index contributed by atoms with van der Waals surface area (Å²) in [6.45, 7) is 2.41. The average molecular weight is 241 g/mol. The van der Waals surface area contributed by atoms with Gasteiger partial charge in [0.05, 0.1) is 18.4 Å². The zero-order valence-corrected chi connectivity index (χ0v) is 9.83. The summed E-state index contributed by atoms with van der Waals surface area (Å²) in [5.41, 5.74) is 0.432. The van der Waals surface area contributed by atoms with E-state index in [0.717, 1.165) is 0 Å². The Kier molecular flexibility index (Phi) is 3.72. The van der Waals surface area contributed by atoms with Crippen molar-refractivity contribution in [1.82, 2.24) is 9.97 Å². The van der Waals surface area contributed by atoms with Crippen LogP contribution in [-0.2, 0) is 0 Å². The van der Waals surface area contributed by atoms with Gasteiger partial charge in [-0.2, -0.15) is 5.26 Å². The van der Waals surface area contributed by atoms with Crippen molar-refractivity contribution in [2.75, 3.05) is 6.61 Å². The van der Waals surface area contributed by atoms with E-state index < -0.39 is 0 Å². The van der Waals surface area contributed by atoms with Gasteiger partial charge >= 0.3 is 0 Å². The zero-order valence-electron chi connectivity index (χ0n) is 9.83. The minimum Gasteiger partial charge on any atom is -0.488 e. The van der Waals surface area contributed by atoms with Crippen LogP contribution >= 0.6 is 0 Å². The lowest BCUT2D eigenvalue weighted by Crippen LogP contribution is -1.97. The van der Waals surface area contributed by atoms with E-state index in [2.05, 4.69) is 9.97 Å². The standard InChI is InChI=1S/C13H11N3O2/c1-2-17-12-4-3-5-16-13(12)18-11-6-10(7-14)8-15-9-11/h3-6,8-9H,2H2,1H3. The first-order valence-electron chi connectivity index (χ1n) is 5.44. The minimum absolute atomic E-state index is 0.358. The molecule has 0 N–H and O–H groups in total. The first-order valence-corrected chi connectivity index (χ1v) is 5.44. The van der Waals surface area contributed by atoms with Crippen molar-refractivity contribution in [2.24, 2.45) is 0 Å². The molecule has 0 aliphatic heterocycles. The summed E-state index contributed by atoms with van der Waals surface area (Å²) in [6.07, 6.45) is 4.60. The highest BCUT2D eigenvalue weighted by molar-refractivity contribution is 5.39. The third kappa shape index (κ3) is 2.74. The lowest BCUT2D eigenvalue weighted by molar-refractivity contribution is 0.316. The van der Waals surface area contributed by atoms with Crippen LogP contribution in [0.2, 0.25) is 0 Å². The van der Waals surface area contributed by atoms with Crippen LogP contribution in [0.3, 0.4) is 0 Å². The molecular formula is C13H11N3O2. The number of rotatable bonds is 4. The van der Waals surface area contributed by atoms with E-state index in [4.69, 9.17) is 14.7 Å². The van der Waals surface area contributed by atoms with Gasteiger partial charge in [-0.1, -0.05) is 0 Å². The molecule has 2 heterocycles. The molecule has 0 saturated carbocycles. The molecular weight excluding hydrogens is 230 g/mol. The van der Waals surface area contributed by atoms with E-state index in [0.29, 0.717) is 29.5 Å². The van der Waals surface area contributed by atoms with Crippen LogP contribution in [0.5, 0.6) is 17.4 Å². The van der Waals surface area contributed by atoms with E-state index in [1.807, 2.05) is 13.0 Å². The Balaban J connectivity index is 2.25. The Hall–Kier alpha value is -2.61. The Morgan fingerprint density at radius 1 is 1.39 bits per heavy atom. The van der Waals surface area contributed by atoms with E-state index in [1.54, 1.807) is 24.4 Å². The van der Waals surface area contributed by atoms with Crippen LogP contribution < -0.4 is 9.47 Å². The van der Waals surface area contributed by atoms with Gasteiger partial charge in [0.1, 0.15) is 11.8 Å². The molecule has 2 rings (SSSR count). The van der Waals surface area contributed by atoms with E-state index in [-0.39, 0.29) is 0 Å². The SMILES string of the molecule is CCOc1cccnc1Oc1cncc(C#N)c1. The zero-order chi connectivity index (χ0) is 12.8. The van der Waals surface area contributed by atoms with Crippen molar-refractivity contribution in [3.05, 3.63) is 42.4 Å². The summed E-state index contributed by atoms with van der Waals surface area (Å²) < 4.78 is 10.9. The number of pyridine rings is 2. The van der Waals surface area contributed by atoms with Crippen molar-refractivity contribution >= 4 is 0 Å². The molecule has 90 valence electrons. The smallest absolute Gasteiger partial charge is 0.262 e. The largest absolute Gasteiger partial charge is 0.488 e. The quantitative estimate of drug-likeness (QED) is 0.822. The number of nitriles is 1. The van der Waals surface area contributed by atoms with Crippen molar-refractivity contribution in [3.8, 4) is 23.4 Å². The van der Waals surface area contributed by atoms with Crippen LogP contribution in [0.25, 0.3) is 0 Å². The second-order valence-electron chi connectivity index (χ2n) is 3.36. The summed E-state index contributed by atoms with van der Waals surface area (Å²) in [7, 11) is 0. The third-order valence-electron chi connectivity index (χ3n) is 2.09. The van der Waals surface area contributed by atoms with E-state index in [9.17, 15) is 0 Å². The molecule has 0 saturated heterocycles. The molecule has 0 aliphatic rings. The Morgan fingerprint density at radius 2 is 2.28 bits per heavy atom. The first kappa shape index (κ1) is 11.9. The van der Waals surface area contributed by atoms with Gasteiger partial charge in [-0.25, -0.2) is 4.98 Å². The molecule has 0 unspecified atom stereocenters. The van der Waals surface area contributed by atoms with E-state index >= 15 is 0 Å². The Bertz CT molecular complexity index is 578. The molecule has 0 aliphatic carbocycles. The first-order chi connectivity index (χ1) is 8.83. The topological polar surface area (TPSA) is 68.0 Å². The fourth-order valence-corrected chi connectivity index (χ4v) is 1.37. The number of aromatic nitrogens is 2. The van der Waals surface area contributed by atoms with Crippen LogP contribution in [0.4, 0.5) is 0 Å². The van der Waals surface area contributed by atoms with Crippen LogP contribution in [-0.4, -0.2) is 16.6 Å². The highest BCUT2D eigenvalue weighted by Gasteiger charge is 2.07. The lowest BCUT2D eigenvalue weighted by Gasteiger charge is -2.09. The molecule has 5 heteroatoms. The molecule has 0 amide bonds.